The summed E-state index contributed by atoms with van der Waals surface area (Å²) in [4.78, 5) is 68.9. The number of aromatic nitrogens is 1. The highest BCUT2D eigenvalue weighted by atomic mass is 35.5. The van der Waals surface area contributed by atoms with Gasteiger partial charge in [-0.05, 0) is 73.6 Å². The Balaban J connectivity index is 1.13. The lowest BCUT2D eigenvalue weighted by molar-refractivity contribution is -0.179. The number of carbonyl (C=O) groups excluding carboxylic acids is 4. The fourth-order valence-corrected chi connectivity index (χ4v) is 10.7. The minimum atomic E-state index is -1.83. The van der Waals surface area contributed by atoms with Crippen LogP contribution in [0.1, 0.15) is 74.2 Å². The lowest BCUT2D eigenvalue weighted by Crippen LogP contribution is -2.75. The standard InChI is InChI=1S/C55H52ClN5O8S2/c1-53(2,3)68-51(65)54(4,5)69-60-43(42-34-70-52(57-42)59-55(39-27-15-8-16-28-39,40-29-17-9-18-30-40)41-31-19-10-20-32-41)47(62)58-44-48(63)61-45(38(26-21-33-56)35-71(66)49(44)61)50(64)67-46(36-22-11-6-12-23-36)37-24-13-7-14-25-37/h6-32,34,44,46,49H,33,35H2,1-5H3,(H,57,59)(H,58,62)/b26-21-,60-43-/t44?,49-,71?/m1/s1. The number of anilines is 1. The number of benzene rings is 5. The Morgan fingerprint density at radius 3 is 1.83 bits per heavy atom. The van der Waals surface area contributed by atoms with Crippen LogP contribution in [0.3, 0.4) is 0 Å². The van der Waals surface area contributed by atoms with Gasteiger partial charge in [0.15, 0.2) is 23.0 Å². The molecule has 364 valence electrons. The third-order valence-corrected chi connectivity index (χ3v) is 14.2. The number of amides is 2. The van der Waals surface area contributed by atoms with E-state index in [0.717, 1.165) is 21.6 Å². The number of hydrogen-bond acceptors (Lipinski definition) is 12. The number of alkyl halides is 1. The average molecular weight is 1010 g/mol. The highest BCUT2D eigenvalue weighted by molar-refractivity contribution is 7.92. The summed E-state index contributed by atoms with van der Waals surface area (Å²) < 4.78 is 26.0. The third-order valence-electron chi connectivity index (χ3n) is 11.6. The molecule has 1 saturated heterocycles. The molecule has 13 nitrogen and oxygen atoms in total. The maximum absolute atomic E-state index is 14.7. The topological polar surface area (TPSA) is 172 Å². The molecule has 1 fully saturated rings. The molecular formula is C55H52ClN5O8S2. The number of halogens is 1. The van der Waals surface area contributed by atoms with Crippen molar-refractivity contribution in [2.24, 2.45) is 5.16 Å². The summed E-state index contributed by atoms with van der Waals surface area (Å²) >= 11 is 5.39. The Bertz CT molecular complexity index is 2810. The van der Waals surface area contributed by atoms with Gasteiger partial charge in [0.05, 0.1) is 0 Å². The van der Waals surface area contributed by atoms with Gasteiger partial charge in [0.25, 0.3) is 11.8 Å². The van der Waals surface area contributed by atoms with Crippen LogP contribution in [0.15, 0.2) is 186 Å². The van der Waals surface area contributed by atoms with E-state index in [1.807, 2.05) is 152 Å². The number of carbonyl (C=O) groups is 4. The summed E-state index contributed by atoms with van der Waals surface area (Å²) in [5, 5.41) is 11.5. The predicted molar refractivity (Wildman–Crippen MR) is 276 cm³/mol. The van der Waals surface area contributed by atoms with Crippen molar-refractivity contribution in [1.29, 1.82) is 0 Å². The number of hydrogen-bond donors (Lipinski definition) is 2. The van der Waals surface area contributed by atoms with Crippen molar-refractivity contribution in [2.45, 2.75) is 68.9 Å². The second-order valence-electron chi connectivity index (χ2n) is 18.2. The number of fused-ring (bicyclic) bond motifs is 1. The minimum Gasteiger partial charge on any atom is -0.614 e. The molecule has 71 heavy (non-hydrogen) atoms. The molecule has 0 radical (unpaired) electrons. The SMILES string of the molecule is CC(C)(C)OC(=O)C(C)(C)O/N=C(\C(=O)NC1C(=O)N2C(C(=O)OC(c3ccccc3)c3ccccc3)=C(/C=C\CCl)C[S+]([O-])[C@H]12)c1csc(NC(c2ccccc2)(c2ccccc2)c2ccccc2)n1. The molecular weight excluding hydrogens is 958 g/mol. The van der Waals surface area contributed by atoms with Gasteiger partial charge in [-0.15, -0.1) is 22.9 Å². The normalized spacial score (nSPS) is 17.4. The molecule has 1 aromatic heterocycles. The molecule has 2 aliphatic heterocycles. The first kappa shape index (κ1) is 50.4. The Kier molecular flexibility index (Phi) is 15.3. The number of nitrogens with one attached hydrogen (secondary N) is 2. The first-order valence-corrected chi connectivity index (χ1v) is 25.6. The number of thiazole rings is 1. The van der Waals surface area contributed by atoms with Crippen LogP contribution in [-0.2, 0) is 50.2 Å². The fourth-order valence-electron chi connectivity index (χ4n) is 8.25. The molecule has 0 aliphatic carbocycles. The van der Waals surface area contributed by atoms with Crippen molar-refractivity contribution in [3.8, 4) is 0 Å². The molecule has 2 aliphatic rings. The van der Waals surface area contributed by atoms with Crippen molar-refractivity contribution in [3.05, 3.63) is 214 Å². The lowest BCUT2D eigenvalue weighted by Gasteiger charge is -2.49. The molecule has 3 heterocycles. The Morgan fingerprint density at radius 1 is 0.831 bits per heavy atom. The number of oxime groups is 1. The zero-order chi connectivity index (χ0) is 50.3. The van der Waals surface area contributed by atoms with E-state index in [1.165, 1.54) is 25.2 Å². The zero-order valence-corrected chi connectivity index (χ0v) is 42.0. The van der Waals surface area contributed by atoms with E-state index in [9.17, 15) is 23.7 Å². The number of allylic oxidation sites excluding steroid dienone is 2. The van der Waals surface area contributed by atoms with E-state index < -0.39 is 74.9 Å². The highest BCUT2D eigenvalue weighted by Gasteiger charge is 2.61. The molecule has 2 N–H and O–H groups in total. The summed E-state index contributed by atoms with van der Waals surface area (Å²) in [5.41, 5.74) is 0.378. The van der Waals surface area contributed by atoms with E-state index >= 15 is 0 Å². The molecule has 2 amide bonds. The number of rotatable bonds is 17. The number of ether oxygens (including phenoxy) is 2. The lowest BCUT2D eigenvalue weighted by atomic mass is 9.77. The summed E-state index contributed by atoms with van der Waals surface area (Å²) in [5.74, 6) is -3.30. The van der Waals surface area contributed by atoms with E-state index in [4.69, 9.17) is 30.9 Å². The van der Waals surface area contributed by atoms with Crippen LogP contribution in [-0.4, -0.2) is 78.2 Å². The molecule has 6 aromatic rings. The van der Waals surface area contributed by atoms with Gasteiger partial charge in [-0.25, -0.2) is 14.6 Å². The first-order chi connectivity index (χ1) is 34.1. The number of nitrogens with zero attached hydrogens (tertiary/aromatic N) is 3. The van der Waals surface area contributed by atoms with E-state index in [1.54, 1.807) is 38.3 Å². The van der Waals surface area contributed by atoms with Gasteiger partial charge in [0.2, 0.25) is 11.0 Å². The third kappa shape index (κ3) is 11.0. The van der Waals surface area contributed by atoms with Crippen molar-refractivity contribution in [1.82, 2.24) is 15.2 Å². The van der Waals surface area contributed by atoms with Crippen molar-refractivity contribution < 1.29 is 38.0 Å². The molecule has 0 bridgehead atoms. The predicted octanol–water partition coefficient (Wildman–Crippen LogP) is 9.19. The van der Waals surface area contributed by atoms with Crippen LogP contribution < -0.4 is 10.6 Å². The van der Waals surface area contributed by atoms with Gasteiger partial charge in [-0.1, -0.05) is 169 Å². The van der Waals surface area contributed by atoms with Crippen molar-refractivity contribution in [2.75, 3.05) is 16.9 Å². The Hall–Kier alpha value is -7.04. The van der Waals surface area contributed by atoms with Crippen LogP contribution in [0.2, 0.25) is 0 Å². The van der Waals surface area contributed by atoms with E-state index in [-0.39, 0.29) is 28.6 Å². The monoisotopic (exact) mass is 1010 g/mol. The van der Waals surface area contributed by atoms with Gasteiger partial charge in [-0.2, -0.15) is 0 Å². The largest absolute Gasteiger partial charge is 0.614 e. The Labute approximate surface area is 424 Å². The first-order valence-electron chi connectivity index (χ1n) is 22.8. The van der Waals surface area contributed by atoms with Crippen LogP contribution in [0.5, 0.6) is 0 Å². The zero-order valence-electron chi connectivity index (χ0n) is 39.6. The van der Waals surface area contributed by atoms with Crippen LogP contribution in [0.4, 0.5) is 5.13 Å². The average Bonchev–Trinajstić information content (AvgIpc) is 3.84. The quantitative estimate of drug-likeness (QED) is 0.0171. The molecule has 0 saturated carbocycles. The second kappa shape index (κ2) is 21.5. The summed E-state index contributed by atoms with van der Waals surface area (Å²) in [6.45, 7) is 8.03. The summed E-state index contributed by atoms with van der Waals surface area (Å²) in [6.07, 6.45) is 2.29. The van der Waals surface area contributed by atoms with E-state index in [2.05, 4.69) is 15.8 Å². The number of esters is 2. The maximum Gasteiger partial charge on any atom is 0.356 e. The smallest absolute Gasteiger partial charge is 0.356 e. The number of β-lactam (4-membered cyclic amide) rings is 1. The second-order valence-corrected chi connectivity index (χ2v) is 20.9. The molecule has 3 atom stereocenters. The molecule has 0 spiro atoms. The molecule has 5 aromatic carbocycles. The van der Waals surface area contributed by atoms with Crippen LogP contribution in [0, 0.1) is 0 Å². The van der Waals surface area contributed by atoms with Gasteiger partial charge in [-0.3, -0.25) is 14.5 Å². The van der Waals surface area contributed by atoms with Gasteiger partial charge < -0.3 is 29.5 Å². The van der Waals surface area contributed by atoms with Gasteiger partial charge in [0, 0.05) is 16.8 Å². The summed E-state index contributed by atoms with van der Waals surface area (Å²) in [7, 11) is 0. The highest BCUT2D eigenvalue weighted by Crippen LogP contribution is 2.42. The van der Waals surface area contributed by atoms with Crippen molar-refractivity contribution in [3.63, 3.8) is 0 Å². The molecule has 8 rings (SSSR count). The maximum atomic E-state index is 14.7. The Morgan fingerprint density at radius 2 is 1.34 bits per heavy atom. The minimum absolute atomic E-state index is 0.0389. The van der Waals surface area contributed by atoms with Crippen LogP contribution >= 0.6 is 22.9 Å². The van der Waals surface area contributed by atoms with Gasteiger partial charge >= 0.3 is 11.9 Å². The van der Waals surface area contributed by atoms with Gasteiger partial charge in [0.1, 0.15) is 28.3 Å². The fraction of sp³-hybridized carbons (Fsp3) is 0.236. The van der Waals surface area contributed by atoms with E-state index in [0.29, 0.717) is 16.3 Å². The van der Waals surface area contributed by atoms with Crippen LogP contribution in [0.25, 0.3) is 0 Å². The molecule has 2 unspecified atom stereocenters. The summed E-state index contributed by atoms with van der Waals surface area (Å²) in [6, 6.07) is 46.6. The van der Waals surface area contributed by atoms with Crippen molar-refractivity contribution >= 4 is 68.7 Å². The molecule has 16 heteroatoms.